The van der Waals surface area contributed by atoms with Crippen molar-refractivity contribution in [3.05, 3.63) is 42.0 Å². The van der Waals surface area contributed by atoms with E-state index in [1.54, 1.807) is 18.2 Å². The number of benzene rings is 1. The molecule has 2 aliphatic carbocycles. The van der Waals surface area contributed by atoms with E-state index >= 15 is 0 Å². The van der Waals surface area contributed by atoms with Gasteiger partial charge >= 0.3 is 6.36 Å². The molecule has 0 spiro atoms. The maximum atomic E-state index is 12.2. The maximum Gasteiger partial charge on any atom is 0.573 e. The van der Waals surface area contributed by atoms with Gasteiger partial charge in [-0.3, -0.25) is 0 Å². The van der Waals surface area contributed by atoms with Crippen LogP contribution in [0.2, 0.25) is 0 Å². The van der Waals surface area contributed by atoms with Crippen molar-refractivity contribution >= 4 is 0 Å². The molecule has 5 heteroatoms. The largest absolute Gasteiger partial charge is 0.573 e. The van der Waals surface area contributed by atoms with Crippen LogP contribution in [-0.4, -0.2) is 6.36 Å². The minimum Gasteiger partial charge on any atom is -0.406 e. The van der Waals surface area contributed by atoms with Crippen molar-refractivity contribution in [1.82, 2.24) is 0 Å². The molecule has 0 aromatic heterocycles. The van der Waals surface area contributed by atoms with Crippen molar-refractivity contribution in [2.24, 2.45) is 23.7 Å². The normalized spacial score (nSPS) is 27.2. The lowest BCUT2D eigenvalue weighted by Gasteiger charge is -2.37. The number of rotatable bonds is 8. The van der Waals surface area contributed by atoms with Crippen molar-refractivity contribution < 1.29 is 17.9 Å². The highest BCUT2D eigenvalue weighted by atomic mass is 19.4. The number of hydrogen-bond donors (Lipinski definition) is 0. The van der Waals surface area contributed by atoms with Crippen LogP contribution in [0.15, 0.2) is 36.4 Å². The molecule has 0 N–H and O–H groups in total. The Morgan fingerprint density at radius 2 is 1.52 bits per heavy atom. The van der Waals surface area contributed by atoms with Crippen molar-refractivity contribution in [2.75, 3.05) is 0 Å². The van der Waals surface area contributed by atoms with Gasteiger partial charge in [0.1, 0.15) is 5.75 Å². The van der Waals surface area contributed by atoms with Crippen LogP contribution in [0.5, 0.6) is 5.75 Å². The predicted octanol–water partition coefficient (Wildman–Crippen LogP) is 7.99. The number of alkyl halides is 3. The van der Waals surface area contributed by atoms with Crippen LogP contribution in [0.4, 0.5) is 13.2 Å². The summed E-state index contributed by atoms with van der Waals surface area (Å²) in [7, 11) is 0. The second-order valence-corrected chi connectivity index (χ2v) is 9.38. The smallest absolute Gasteiger partial charge is 0.406 e. The molecule has 0 radical (unpaired) electrons. The summed E-state index contributed by atoms with van der Waals surface area (Å²) in [5.41, 5.74) is 1.07. The van der Waals surface area contributed by atoms with Gasteiger partial charge in [-0.05, 0) is 92.7 Å². The van der Waals surface area contributed by atoms with Gasteiger partial charge in [0.05, 0.1) is 6.07 Å². The molecule has 0 saturated heterocycles. The zero-order chi connectivity index (χ0) is 22.1. The van der Waals surface area contributed by atoms with E-state index in [0.29, 0.717) is 5.92 Å². The minimum atomic E-state index is -4.63. The highest BCUT2D eigenvalue weighted by Crippen LogP contribution is 2.42. The van der Waals surface area contributed by atoms with Gasteiger partial charge in [-0.1, -0.05) is 43.9 Å². The quantitative estimate of drug-likeness (QED) is 0.307. The highest BCUT2D eigenvalue weighted by Gasteiger charge is 2.31. The third kappa shape index (κ3) is 8.24. The Hall–Kier alpha value is -1.96. The number of halogens is 3. The summed E-state index contributed by atoms with van der Waals surface area (Å²) in [5.74, 6) is 3.08. The summed E-state index contributed by atoms with van der Waals surface area (Å²) >= 11 is 0. The summed E-state index contributed by atoms with van der Waals surface area (Å²) in [6.07, 6.45) is 14.1. The second kappa shape index (κ2) is 11.6. The first-order valence-corrected chi connectivity index (χ1v) is 11.8. The zero-order valence-electron chi connectivity index (χ0n) is 18.2. The summed E-state index contributed by atoms with van der Waals surface area (Å²) in [6.45, 7) is 0. The molecule has 1 aromatic carbocycles. The molecule has 3 rings (SSSR count). The summed E-state index contributed by atoms with van der Waals surface area (Å²) < 4.78 is 40.6. The van der Waals surface area contributed by atoms with Crippen LogP contribution in [0, 0.1) is 35.0 Å². The fourth-order valence-electron chi connectivity index (χ4n) is 5.56. The molecule has 170 valence electrons. The molecule has 0 amide bonds. The van der Waals surface area contributed by atoms with Crippen LogP contribution in [0.1, 0.15) is 76.2 Å². The first-order chi connectivity index (χ1) is 14.9. The van der Waals surface area contributed by atoms with Crippen molar-refractivity contribution in [1.29, 1.82) is 5.26 Å². The Labute approximate surface area is 184 Å². The molecule has 2 nitrogen and oxygen atoms in total. The Morgan fingerprint density at radius 3 is 2.10 bits per heavy atom. The minimum absolute atomic E-state index is 0.153. The third-order valence-corrected chi connectivity index (χ3v) is 7.30. The summed E-state index contributed by atoms with van der Waals surface area (Å²) in [4.78, 5) is 0. The first kappa shape index (κ1) is 23.7. The highest BCUT2D eigenvalue weighted by molar-refractivity contribution is 5.27. The van der Waals surface area contributed by atoms with E-state index in [2.05, 4.69) is 16.9 Å². The van der Waals surface area contributed by atoms with Gasteiger partial charge in [0, 0.05) is 6.08 Å². The number of hydrogen-bond acceptors (Lipinski definition) is 2. The molecule has 2 saturated carbocycles. The summed E-state index contributed by atoms with van der Waals surface area (Å²) in [5, 5.41) is 8.68. The molecule has 0 atom stereocenters. The zero-order valence-corrected chi connectivity index (χ0v) is 18.2. The van der Waals surface area contributed by atoms with Gasteiger partial charge in [0.25, 0.3) is 0 Å². The molecule has 0 bridgehead atoms. The topological polar surface area (TPSA) is 33.0 Å². The Balaban J connectivity index is 1.28. The molecule has 2 fully saturated rings. The Bertz CT molecular complexity index is 719. The van der Waals surface area contributed by atoms with Crippen LogP contribution >= 0.6 is 0 Å². The lowest BCUT2D eigenvalue weighted by molar-refractivity contribution is -0.274. The molecular formula is C26H34F3NO. The van der Waals surface area contributed by atoms with Crippen molar-refractivity contribution in [3.63, 3.8) is 0 Å². The molecule has 2 aliphatic rings. The van der Waals surface area contributed by atoms with Crippen molar-refractivity contribution in [3.8, 4) is 11.8 Å². The van der Waals surface area contributed by atoms with Gasteiger partial charge in [-0.25, -0.2) is 0 Å². The standard InChI is InChI=1S/C26H34F3NO/c27-26(28,29)31-25-17-11-21(12-18-25)5-2-1-4-20-7-13-23(14-8-20)24-15-9-22(10-16-24)6-3-19-30/h3,6,11-12,17-18,20,22-24H,1-2,4-5,7-10,13-16H2/b6-3+/t20-,22?,23-,24?. The number of allylic oxidation sites excluding steroid dienone is 2. The Morgan fingerprint density at radius 1 is 0.903 bits per heavy atom. The first-order valence-electron chi connectivity index (χ1n) is 11.8. The molecule has 0 aliphatic heterocycles. The van der Waals surface area contributed by atoms with E-state index in [4.69, 9.17) is 5.26 Å². The molecule has 0 heterocycles. The van der Waals surface area contributed by atoms with Crippen LogP contribution in [0.25, 0.3) is 0 Å². The average Bonchev–Trinajstić information content (AvgIpc) is 2.76. The van der Waals surface area contributed by atoms with E-state index in [0.717, 1.165) is 36.2 Å². The number of ether oxygens (including phenoxy) is 1. The number of aryl methyl sites for hydroxylation is 1. The Kier molecular flexibility index (Phi) is 8.87. The number of nitrogens with zero attached hydrogens (tertiary/aromatic N) is 1. The third-order valence-electron chi connectivity index (χ3n) is 7.30. The van der Waals surface area contributed by atoms with E-state index < -0.39 is 6.36 Å². The predicted molar refractivity (Wildman–Crippen MR) is 116 cm³/mol. The van der Waals surface area contributed by atoms with Gasteiger partial charge in [0.15, 0.2) is 0 Å². The lowest BCUT2D eigenvalue weighted by atomic mass is 9.68. The van der Waals surface area contributed by atoms with Gasteiger partial charge in [-0.15, -0.1) is 13.2 Å². The molecular weight excluding hydrogens is 399 g/mol. The van der Waals surface area contributed by atoms with Crippen LogP contribution < -0.4 is 4.74 Å². The van der Waals surface area contributed by atoms with E-state index in [1.807, 2.05) is 0 Å². The van der Waals surface area contributed by atoms with E-state index in [1.165, 1.54) is 76.3 Å². The maximum absolute atomic E-state index is 12.2. The SMILES string of the molecule is N#C/C=C/C1CCC([C@H]2CC[C@H](CCCCc3ccc(OC(F)(F)F)cc3)CC2)CC1. The molecule has 31 heavy (non-hydrogen) atoms. The van der Waals surface area contributed by atoms with E-state index in [9.17, 15) is 13.2 Å². The fraction of sp³-hybridized carbons (Fsp3) is 0.654. The van der Waals surface area contributed by atoms with Crippen LogP contribution in [-0.2, 0) is 6.42 Å². The average molecular weight is 434 g/mol. The molecule has 0 unspecified atom stereocenters. The lowest BCUT2D eigenvalue weighted by Crippen LogP contribution is -2.25. The number of unbranched alkanes of at least 4 members (excludes halogenated alkanes) is 1. The van der Waals surface area contributed by atoms with Crippen molar-refractivity contribution in [2.45, 2.75) is 83.4 Å². The van der Waals surface area contributed by atoms with Crippen LogP contribution in [0.3, 0.4) is 0 Å². The molecule has 1 aromatic rings. The summed E-state index contributed by atoms with van der Waals surface area (Å²) in [6, 6.07) is 8.38. The number of nitriles is 1. The monoisotopic (exact) mass is 433 g/mol. The van der Waals surface area contributed by atoms with Gasteiger partial charge in [0.2, 0.25) is 0 Å². The van der Waals surface area contributed by atoms with E-state index in [-0.39, 0.29) is 5.75 Å². The van der Waals surface area contributed by atoms with Gasteiger partial charge in [-0.2, -0.15) is 5.26 Å². The second-order valence-electron chi connectivity index (χ2n) is 9.38. The fourth-order valence-corrected chi connectivity index (χ4v) is 5.56. The van der Waals surface area contributed by atoms with Gasteiger partial charge < -0.3 is 4.74 Å².